The highest BCUT2D eigenvalue weighted by molar-refractivity contribution is 5.82. The number of benzene rings is 2. The number of hydrogen-bond acceptors (Lipinski definition) is 4. The standard InChI is InChI=1S/C17H15FN2O3/c1-22-15-8-7-12(18)9-13(15)16(17(21)23-2)20-10-11-5-3-4-6-14(11)19-20/h3-10,16H,1-2H3. The van der Waals surface area contributed by atoms with Crippen LogP contribution in [0.25, 0.3) is 10.9 Å². The van der Waals surface area contributed by atoms with Gasteiger partial charge in [0.05, 0.1) is 19.7 Å². The van der Waals surface area contributed by atoms with Crippen molar-refractivity contribution in [2.75, 3.05) is 14.2 Å². The van der Waals surface area contributed by atoms with E-state index in [9.17, 15) is 9.18 Å². The Kier molecular flexibility index (Phi) is 3.97. The van der Waals surface area contributed by atoms with Crippen LogP contribution in [0.5, 0.6) is 5.75 Å². The molecule has 2 aromatic carbocycles. The van der Waals surface area contributed by atoms with E-state index in [1.807, 2.05) is 24.3 Å². The molecule has 5 nitrogen and oxygen atoms in total. The van der Waals surface area contributed by atoms with Gasteiger partial charge in [0.15, 0.2) is 6.04 Å². The molecule has 0 fully saturated rings. The molecule has 0 saturated carbocycles. The van der Waals surface area contributed by atoms with Crippen molar-refractivity contribution in [2.24, 2.45) is 0 Å². The Morgan fingerprint density at radius 2 is 2.00 bits per heavy atom. The van der Waals surface area contributed by atoms with E-state index in [1.165, 1.54) is 37.1 Å². The summed E-state index contributed by atoms with van der Waals surface area (Å²) in [5.41, 5.74) is 1.09. The van der Waals surface area contributed by atoms with E-state index >= 15 is 0 Å². The highest BCUT2D eigenvalue weighted by Crippen LogP contribution is 2.30. The summed E-state index contributed by atoms with van der Waals surface area (Å²) in [7, 11) is 2.75. The molecule has 1 unspecified atom stereocenters. The highest BCUT2D eigenvalue weighted by atomic mass is 19.1. The summed E-state index contributed by atoms with van der Waals surface area (Å²) in [4.78, 5) is 12.3. The summed E-state index contributed by atoms with van der Waals surface area (Å²) in [5.74, 6) is -0.630. The van der Waals surface area contributed by atoms with Crippen LogP contribution < -0.4 is 4.74 Å². The summed E-state index contributed by atoms with van der Waals surface area (Å²) < 4.78 is 25.3. The Morgan fingerprint density at radius 3 is 2.70 bits per heavy atom. The minimum absolute atomic E-state index is 0.354. The third-order valence-electron chi connectivity index (χ3n) is 3.61. The summed E-state index contributed by atoms with van der Waals surface area (Å²) in [6.07, 6.45) is 1.72. The zero-order chi connectivity index (χ0) is 16.4. The summed E-state index contributed by atoms with van der Waals surface area (Å²) in [6, 6.07) is 10.5. The van der Waals surface area contributed by atoms with Crippen LogP contribution in [-0.2, 0) is 9.53 Å². The van der Waals surface area contributed by atoms with Crippen LogP contribution in [0.15, 0.2) is 48.7 Å². The van der Waals surface area contributed by atoms with Gasteiger partial charge in [-0.1, -0.05) is 18.2 Å². The van der Waals surface area contributed by atoms with E-state index in [0.29, 0.717) is 11.3 Å². The number of carbonyl (C=O) groups is 1. The fourth-order valence-corrected chi connectivity index (χ4v) is 2.52. The molecule has 1 atom stereocenters. The van der Waals surface area contributed by atoms with Crippen LogP contribution >= 0.6 is 0 Å². The number of fused-ring (bicyclic) bond motifs is 1. The van der Waals surface area contributed by atoms with Gasteiger partial charge in [0, 0.05) is 17.1 Å². The van der Waals surface area contributed by atoms with Crippen molar-refractivity contribution in [1.29, 1.82) is 0 Å². The molecular formula is C17H15FN2O3. The van der Waals surface area contributed by atoms with Crippen molar-refractivity contribution in [2.45, 2.75) is 6.04 Å². The smallest absolute Gasteiger partial charge is 0.335 e. The van der Waals surface area contributed by atoms with Crippen molar-refractivity contribution in [3.63, 3.8) is 0 Å². The maximum Gasteiger partial charge on any atom is 0.335 e. The lowest BCUT2D eigenvalue weighted by molar-refractivity contribution is -0.143. The molecule has 3 rings (SSSR count). The Hall–Kier alpha value is -2.89. The predicted molar refractivity (Wildman–Crippen MR) is 82.8 cm³/mol. The lowest BCUT2D eigenvalue weighted by atomic mass is 10.1. The number of halogens is 1. The first kappa shape index (κ1) is 15.0. The van der Waals surface area contributed by atoms with Crippen LogP contribution in [0.1, 0.15) is 11.6 Å². The van der Waals surface area contributed by atoms with Gasteiger partial charge in [-0.2, -0.15) is 5.10 Å². The third kappa shape index (κ3) is 2.75. The topological polar surface area (TPSA) is 53.4 Å². The number of aromatic nitrogens is 2. The molecule has 0 radical (unpaired) electrons. The van der Waals surface area contributed by atoms with Crippen molar-refractivity contribution in [3.8, 4) is 5.75 Å². The summed E-state index contributed by atoms with van der Waals surface area (Å²) in [5, 5.41) is 5.27. The first-order valence-electron chi connectivity index (χ1n) is 6.99. The van der Waals surface area contributed by atoms with Crippen molar-refractivity contribution < 1.29 is 18.7 Å². The molecule has 3 aromatic rings. The molecule has 0 aliphatic heterocycles. The van der Waals surface area contributed by atoms with Crippen molar-refractivity contribution in [1.82, 2.24) is 9.78 Å². The minimum Gasteiger partial charge on any atom is -0.496 e. The van der Waals surface area contributed by atoms with E-state index < -0.39 is 17.8 Å². The van der Waals surface area contributed by atoms with E-state index in [-0.39, 0.29) is 0 Å². The molecular weight excluding hydrogens is 299 g/mol. The molecule has 0 amide bonds. The van der Waals surface area contributed by atoms with Gasteiger partial charge in [-0.3, -0.25) is 4.68 Å². The van der Waals surface area contributed by atoms with Crippen LogP contribution in [0, 0.1) is 5.82 Å². The quantitative estimate of drug-likeness (QED) is 0.695. The lowest BCUT2D eigenvalue weighted by Gasteiger charge is -2.18. The van der Waals surface area contributed by atoms with Gasteiger partial charge in [0.25, 0.3) is 0 Å². The molecule has 0 saturated heterocycles. The minimum atomic E-state index is -0.932. The second kappa shape index (κ2) is 6.08. The molecule has 1 heterocycles. The SMILES string of the molecule is COC(=O)C(c1cc(F)ccc1OC)n1cc2ccccc2n1. The van der Waals surface area contributed by atoms with E-state index in [4.69, 9.17) is 9.47 Å². The second-order valence-electron chi connectivity index (χ2n) is 4.98. The summed E-state index contributed by atoms with van der Waals surface area (Å²) in [6.45, 7) is 0. The lowest BCUT2D eigenvalue weighted by Crippen LogP contribution is -2.23. The van der Waals surface area contributed by atoms with Gasteiger partial charge in [-0.25, -0.2) is 9.18 Å². The summed E-state index contributed by atoms with van der Waals surface area (Å²) >= 11 is 0. The monoisotopic (exact) mass is 314 g/mol. The first-order chi connectivity index (χ1) is 11.1. The number of hydrogen-bond donors (Lipinski definition) is 0. The molecule has 0 spiro atoms. The maximum atomic E-state index is 13.7. The Bertz CT molecular complexity index is 827. The number of nitrogens with zero attached hydrogens (tertiary/aromatic N) is 2. The molecule has 0 aliphatic carbocycles. The van der Waals surface area contributed by atoms with Gasteiger partial charge < -0.3 is 9.47 Å². The zero-order valence-electron chi connectivity index (χ0n) is 12.7. The van der Waals surface area contributed by atoms with Crippen LogP contribution in [0.2, 0.25) is 0 Å². The maximum absolute atomic E-state index is 13.7. The number of carbonyl (C=O) groups excluding carboxylic acids is 1. The second-order valence-corrected chi connectivity index (χ2v) is 4.98. The number of esters is 1. The fraction of sp³-hybridized carbons (Fsp3) is 0.176. The Labute approximate surface area is 132 Å². The molecule has 6 heteroatoms. The van der Waals surface area contributed by atoms with Gasteiger partial charge in [0.1, 0.15) is 11.6 Å². The third-order valence-corrected chi connectivity index (χ3v) is 3.61. The molecule has 23 heavy (non-hydrogen) atoms. The average Bonchev–Trinajstić information content (AvgIpc) is 2.98. The number of ether oxygens (including phenoxy) is 2. The van der Waals surface area contributed by atoms with Crippen molar-refractivity contribution >= 4 is 16.9 Å². The van der Waals surface area contributed by atoms with Crippen LogP contribution in [0.3, 0.4) is 0 Å². The van der Waals surface area contributed by atoms with E-state index in [1.54, 1.807) is 6.20 Å². The Balaban J connectivity index is 2.19. The average molecular weight is 314 g/mol. The first-order valence-corrected chi connectivity index (χ1v) is 6.99. The van der Waals surface area contributed by atoms with Crippen LogP contribution in [-0.4, -0.2) is 30.0 Å². The van der Waals surface area contributed by atoms with Gasteiger partial charge in [0.2, 0.25) is 0 Å². The Morgan fingerprint density at radius 1 is 1.22 bits per heavy atom. The van der Waals surface area contributed by atoms with E-state index in [2.05, 4.69) is 5.10 Å². The zero-order valence-corrected chi connectivity index (χ0v) is 12.7. The highest BCUT2D eigenvalue weighted by Gasteiger charge is 2.28. The van der Waals surface area contributed by atoms with E-state index in [0.717, 1.165) is 10.9 Å². The van der Waals surface area contributed by atoms with Gasteiger partial charge in [-0.15, -0.1) is 0 Å². The molecule has 0 N–H and O–H groups in total. The molecule has 118 valence electrons. The normalized spacial score (nSPS) is 12.1. The largest absolute Gasteiger partial charge is 0.496 e. The predicted octanol–water partition coefficient (Wildman–Crippen LogP) is 2.95. The number of rotatable bonds is 4. The molecule has 0 aliphatic rings. The molecule has 0 bridgehead atoms. The number of methoxy groups -OCH3 is 2. The van der Waals surface area contributed by atoms with Crippen LogP contribution in [0.4, 0.5) is 4.39 Å². The van der Waals surface area contributed by atoms with Gasteiger partial charge in [-0.05, 0) is 24.3 Å². The fourth-order valence-electron chi connectivity index (χ4n) is 2.52. The van der Waals surface area contributed by atoms with Gasteiger partial charge >= 0.3 is 5.97 Å². The van der Waals surface area contributed by atoms with Crippen molar-refractivity contribution in [3.05, 3.63) is 60.0 Å². The molecule has 1 aromatic heterocycles.